The van der Waals surface area contributed by atoms with Crippen LogP contribution in [0.1, 0.15) is 44.1 Å². The van der Waals surface area contributed by atoms with Crippen LogP contribution in [0.15, 0.2) is 24.3 Å². The lowest BCUT2D eigenvalue weighted by atomic mass is 9.77. The number of hydrogen-bond acceptors (Lipinski definition) is 3. The number of nitrogens with zero attached hydrogens (tertiary/aromatic N) is 1. The Morgan fingerprint density at radius 2 is 1.86 bits per heavy atom. The molecule has 1 spiro atoms. The van der Waals surface area contributed by atoms with Gasteiger partial charge in [0.15, 0.2) is 0 Å². The largest absolute Gasteiger partial charge is 0.492 e. The average Bonchev–Trinajstić information content (AvgIpc) is 2.98. The Morgan fingerprint density at radius 3 is 2.57 bits per heavy atom. The Bertz CT molecular complexity index is 444. The summed E-state index contributed by atoms with van der Waals surface area (Å²) in [4.78, 5) is 2.57. The molecule has 0 amide bonds. The first-order valence-corrected chi connectivity index (χ1v) is 8.44. The van der Waals surface area contributed by atoms with Crippen LogP contribution in [0.25, 0.3) is 0 Å². The van der Waals surface area contributed by atoms with Crippen molar-refractivity contribution in [2.45, 2.75) is 45.1 Å². The topological polar surface area (TPSA) is 38.5 Å². The van der Waals surface area contributed by atoms with Gasteiger partial charge in [0, 0.05) is 13.1 Å². The summed E-state index contributed by atoms with van der Waals surface area (Å²) in [6, 6.07) is 8.12. The highest BCUT2D eigenvalue weighted by atomic mass is 16.5. The van der Waals surface area contributed by atoms with Gasteiger partial charge in [-0.25, -0.2) is 0 Å². The first-order chi connectivity index (χ1) is 10.3. The van der Waals surface area contributed by atoms with Gasteiger partial charge in [0.2, 0.25) is 0 Å². The molecule has 3 heteroatoms. The molecule has 1 heterocycles. The van der Waals surface area contributed by atoms with Gasteiger partial charge >= 0.3 is 0 Å². The van der Waals surface area contributed by atoms with E-state index >= 15 is 0 Å². The Morgan fingerprint density at radius 1 is 1.10 bits per heavy atom. The van der Waals surface area contributed by atoms with Crippen molar-refractivity contribution in [2.75, 3.05) is 26.2 Å². The molecule has 1 aliphatic heterocycles. The minimum atomic E-state index is 0.575. The summed E-state index contributed by atoms with van der Waals surface area (Å²) in [6.07, 6.45) is 8.67. The van der Waals surface area contributed by atoms with Gasteiger partial charge in [-0.15, -0.1) is 0 Å². The van der Waals surface area contributed by atoms with Crippen LogP contribution in [0, 0.1) is 5.41 Å². The third-order valence-electron chi connectivity index (χ3n) is 5.39. The second kappa shape index (κ2) is 6.80. The molecule has 0 aromatic heterocycles. The van der Waals surface area contributed by atoms with Gasteiger partial charge in [-0.1, -0.05) is 25.0 Å². The summed E-state index contributed by atoms with van der Waals surface area (Å²) in [7, 11) is 0. The molecule has 1 aromatic rings. The van der Waals surface area contributed by atoms with Crippen molar-refractivity contribution >= 4 is 0 Å². The van der Waals surface area contributed by atoms with E-state index in [4.69, 9.17) is 10.5 Å². The van der Waals surface area contributed by atoms with E-state index < -0.39 is 0 Å². The molecule has 1 aliphatic carbocycles. The maximum absolute atomic E-state index is 5.87. The molecule has 21 heavy (non-hydrogen) atoms. The molecule has 116 valence electrons. The smallest absolute Gasteiger partial charge is 0.119 e. The highest BCUT2D eigenvalue weighted by molar-refractivity contribution is 5.28. The molecule has 0 atom stereocenters. The van der Waals surface area contributed by atoms with E-state index in [1.54, 1.807) is 0 Å². The molecule has 0 radical (unpaired) electrons. The van der Waals surface area contributed by atoms with E-state index in [1.807, 2.05) is 24.3 Å². The van der Waals surface area contributed by atoms with Crippen molar-refractivity contribution < 1.29 is 4.74 Å². The fraction of sp³-hybridized carbons (Fsp3) is 0.667. The first kappa shape index (κ1) is 14.9. The fourth-order valence-electron chi connectivity index (χ4n) is 3.93. The molecule has 3 rings (SSSR count). The van der Waals surface area contributed by atoms with Crippen LogP contribution in [0.4, 0.5) is 0 Å². The third-order valence-corrected chi connectivity index (χ3v) is 5.39. The second-order valence-electron chi connectivity index (χ2n) is 6.75. The molecule has 2 N–H and O–H groups in total. The zero-order chi connectivity index (χ0) is 14.5. The van der Waals surface area contributed by atoms with Gasteiger partial charge in [0.25, 0.3) is 0 Å². The molecular weight excluding hydrogens is 260 g/mol. The lowest BCUT2D eigenvalue weighted by Gasteiger charge is -2.39. The normalized spacial score (nSPS) is 21.8. The summed E-state index contributed by atoms with van der Waals surface area (Å²) >= 11 is 0. The van der Waals surface area contributed by atoms with Crippen LogP contribution < -0.4 is 10.5 Å². The van der Waals surface area contributed by atoms with Crippen molar-refractivity contribution in [1.29, 1.82) is 0 Å². The maximum atomic E-state index is 5.87. The zero-order valence-electron chi connectivity index (χ0n) is 13.0. The summed E-state index contributed by atoms with van der Waals surface area (Å²) in [5.74, 6) is 0.947. The summed E-state index contributed by atoms with van der Waals surface area (Å²) in [5, 5.41) is 0. The van der Waals surface area contributed by atoms with Gasteiger partial charge in [0.1, 0.15) is 12.4 Å². The monoisotopic (exact) mass is 288 g/mol. The maximum Gasteiger partial charge on any atom is 0.119 e. The Labute approximate surface area is 128 Å². The van der Waals surface area contributed by atoms with Crippen LogP contribution >= 0.6 is 0 Å². The minimum Gasteiger partial charge on any atom is -0.492 e. The van der Waals surface area contributed by atoms with Crippen LogP contribution in [0.2, 0.25) is 0 Å². The van der Waals surface area contributed by atoms with Crippen LogP contribution in [-0.2, 0) is 6.54 Å². The van der Waals surface area contributed by atoms with E-state index in [0.29, 0.717) is 12.0 Å². The number of piperidine rings is 1. The predicted molar refractivity (Wildman–Crippen MR) is 86.4 cm³/mol. The van der Waals surface area contributed by atoms with Crippen LogP contribution in [0.3, 0.4) is 0 Å². The van der Waals surface area contributed by atoms with Crippen molar-refractivity contribution in [1.82, 2.24) is 4.90 Å². The number of ether oxygens (including phenoxy) is 1. The lowest BCUT2D eigenvalue weighted by molar-refractivity contribution is 0.0961. The molecule has 1 saturated heterocycles. The Balaban J connectivity index is 1.40. The molecular formula is C18H28N2O. The number of benzene rings is 1. The number of likely N-dealkylation sites (tertiary alicyclic amines) is 1. The summed E-state index contributed by atoms with van der Waals surface area (Å²) in [5.41, 5.74) is 7.51. The number of nitrogens with two attached hydrogens (primary N) is 1. The molecule has 2 fully saturated rings. The molecule has 3 nitrogen and oxygen atoms in total. The van der Waals surface area contributed by atoms with Crippen LogP contribution in [-0.4, -0.2) is 31.1 Å². The minimum absolute atomic E-state index is 0.575. The highest BCUT2D eigenvalue weighted by Gasteiger charge is 2.36. The van der Waals surface area contributed by atoms with E-state index in [-0.39, 0.29) is 0 Å². The van der Waals surface area contributed by atoms with Gasteiger partial charge in [-0.3, -0.25) is 4.90 Å². The highest BCUT2D eigenvalue weighted by Crippen LogP contribution is 2.45. The van der Waals surface area contributed by atoms with Crippen molar-refractivity contribution in [3.8, 4) is 5.75 Å². The van der Waals surface area contributed by atoms with Crippen molar-refractivity contribution in [3.63, 3.8) is 0 Å². The zero-order valence-corrected chi connectivity index (χ0v) is 13.0. The predicted octanol–water partition coefficient (Wildman–Crippen LogP) is 3.18. The second-order valence-corrected chi connectivity index (χ2v) is 6.75. The molecule has 2 aliphatic rings. The van der Waals surface area contributed by atoms with Gasteiger partial charge in [-0.05, 0) is 61.9 Å². The van der Waals surface area contributed by atoms with Crippen molar-refractivity contribution in [2.24, 2.45) is 11.1 Å². The van der Waals surface area contributed by atoms with E-state index in [0.717, 1.165) is 24.5 Å². The number of hydrogen-bond donors (Lipinski definition) is 1. The third kappa shape index (κ3) is 3.78. The lowest BCUT2D eigenvalue weighted by Crippen LogP contribution is -2.40. The van der Waals surface area contributed by atoms with Gasteiger partial charge < -0.3 is 10.5 Å². The van der Waals surface area contributed by atoms with E-state index in [2.05, 4.69) is 4.90 Å². The van der Waals surface area contributed by atoms with E-state index in [9.17, 15) is 0 Å². The Kier molecular flexibility index (Phi) is 4.81. The average molecular weight is 288 g/mol. The fourth-order valence-corrected chi connectivity index (χ4v) is 3.93. The summed E-state index contributed by atoms with van der Waals surface area (Å²) in [6.45, 7) is 4.91. The molecule has 1 aromatic carbocycles. The quantitative estimate of drug-likeness (QED) is 0.904. The Hall–Kier alpha value is -1.06. The van der Waals surface area contributed by atoms with Crippen LogP contribution in [0.5, 0.6) is 5.75 Å². The van der Waals surface area contributed by atoms with E-state index in [1.165, 1.54) is 51.6 Å². The molecule has 0 bridgehead atoms. The standard InChI is InChI=1S/C18H28N2O/c19-15-16-4-3-5-17(14-16)21-13-12-20-10-8-18(9-11-20)6-1-2-7-18/h3-5,14H,1-2,6-13,15,19H2. The van der Waals surface area contributed by atoms with Gasteiger partial charge in [0.05, 0.1) is 0 Å². The first-order valence-electron chi connectivity index (χ1n) is 8.44. The van der Waals surface area contributed by atoms with Crippen molar-refractivity contribution in [3.05, 3.63) is 29.8 Å². The molecule has 1 saturated carbocycles. The number of rotatable bonds is 5. The molecule has 0 unspecified atom stereocenters. The van der Waals surface area contributed by atoms with Gasteiger partial charge in [-0.2, -0.15) is 0 Å². The summed E-state index contributed by atoms with van der Waals surface area (Å²) < 4.78 is 5.87. The SMILES string of the molecule is NCc1cccc(OCCN2CCC3(CCCC3)CC2)c1.